The second-order valence-electron chi connectivity index (χ2n) is 7.39. The summed E-state index contributed by atoms with van der Waals surface area (Å²) in [5, 5.41) is 16.2. The van der Waals surface area contributed by atoms with E-state index in [1.807, 2.05) is 23.1 Å². The Labute approximate surface area is 187 Å². The van der Waals surface area contributed by atoms with E-state index in [2.05, 4.69) is 11.1 Å². The maximum Gasteiger partial charge on any atom is 0.490 e. The fourth-order valence-corrected chi connectivity index (χ4v) is 3.67. The van der Waals surface area contributed by atoms with Gasteiger partial charge in [0.05, 0.1) is 49.3 Å². The number of amides is 1. The van der Waals surface area contributed by atoms with Crippen molar-refractivity contribution in [2.75, 3.05) is 19.8 Å². The van der Waals surface area contributed by atoms with E-state index in [9.17, 15) is 18.0 Å². The number of hydrogen-bond acceptors (Lipinski definition) is 6. The minimum atomic E-state index is -5.08. The summed E-state index contributed by atoms with van der Waals surface area (Å²) >= 11 is 0. The van der Waals surface area contributed by atoms with E-state index in [0.29, 0.717) is 37.5 Å². The van der Waals surface area contributed by atoms with Gasteiger partial charge >= 0.3 is 12.1 Å². The molecule has 2 fully saturated rings. The highest BCUT2D eigenvalue weighted by Crippen LogP contribution is 2.33. The third kappa shape index (κ3) is 6.06. The lowest BCUT2D eigenvalue weighted by Crippen LogP contribution is -2.38. The Morgan fingerprint density at radius 3 is 2.64 bits per heavy atom. The molecule has 2 aromatic rings. The lowest BCUT2D eigenvalue weighted by Gasteiger charge is -2.22. The number of nitrogens with zero attached hydrogens (tertiary/aromatic N) is 3. The first-order chi connectivity index (χ1) is 15.7. The van der Waals surface area contributed by atoms with Gasteiger partial charge in [-0.3, -0.25) is 9.78 Å². The van der Waals surface area contributed by atoms with Gasteiger partial charge in [0.25, 0.3) is 5.91 Å². The number of rotatable bonds is 4. The predicted octanol–water partition coefficient (Wildman–Crippen LogP) is 2.64. The monoisotopic (exact) mass is 463 g/mol. The second kappa shape index (κ2) is 10.4. The molecule has 174 valence electrons. The standard InChI is InChI=1S/C20H19N3O3.C2HF3O2/c21-9-14-4-3-5-15(8-14)20(24)23-10-19(17-12-25-13-18(17)23)26-11-16-6-1-2-7-22-16;3-2(4,5)1(6)7/h1-8,17-19H,10-13H2;(H,6,7)/t17-,18+,19-;/m0./s1. The average molecular weight is 463 g/mol. The number of carboxylic acids is 1. The van der Waals surface area contributed by atoms with Gasteiger partial charge in [0.1, 0.15) is 0 Å². The number of aromatic nitrogens is 1. The summed E-state index contributed by atoms with van der Waals surface area (Å²) in [6, 6.07) is 14.6. The van der Waals surface area contributed by atoms with E-state index in [1.165, 1.54) is 0 Å². The molecule has 2 aliphatic heterocycles. The van der Waals surface area contributed by atoms with Crippen molar-refractivity contribution in [2.45, 2.75) is 24.9 Å². The summed E-state index contributed by atoms with van der Waals surface area (Å²) in [6.07, 6.45) is -3.42. The number of carboxylic acid groups (broad SMARTS) is 1. The van der Waals surface area contributed by atoms with Crippen LogP contribution >= 0.6 is 0 Å². The molecule has 8 nitrogen and oxygen atoms in total. The smallest absolute Gasteiger partial charge is 0.475 e. The predicted molar refractivity (Wildman–Crippen MR) is 107 cm³/mol. The number of fused-ring (bicyclic) bond motifs is 1. The highest BCUT2D eigenvalue weighted by atomic mass is 19.4. The molecule has 1 aromatic carbocycles. The van der Waals surface area contributed by atoms with Crippen LogP contribution in [0.25, 0.3) is 0 Å². The number of hydrogen-bond donors (Lipinski definition) is 1. The van der Waals surface area contributed by atoms with Crippen molar-refractivity contribution in [1.82, 2.24) is 9.88 Å². The van der Waals surface area contributed by atoms with Gasteiger partial charge in [-0.25, -0.2) is 4.79 Å². The number of carbonyl (C=O) groups is 2. The van der Waals surface area contributed by atoms with E-state index in [-0.39, 0.29) is 24.0 Å². The Morgan fingerprint density at radius 2 is 2.00 bits per heavy atom. The summed E-state index contributed by atoms with van der Waals surface area (Å²) in [4.78, 5) is 28.0. The largest absolute Gasteiger partial charge is 0.490 e. The highest BCUT2D eigenvalue weighted by molar-refractivity contribution is 5.95. The van der Waals surface area contributed by atoms with E-state index in [4.69, 9.17) is 24.6 Å². The number of benzene rings is 1. The van der Waals surface area contributed by atoms with Crippen molar-refractivity contribution in [3.05, 3.63) is 65.5 Å². The molecule has 2 saturated heterocycles. The number of carbonyl (C=O) groups excluding carboxylic acids is 1. The Kier molecular flexibility index (Phi) is 7.63. The molecule has 0 bridgehead atoms. The van der Waals surface area contributed by atoms with Crippen LogP contribution in [0.4, 0.5) is 13.2 Å². The van der Waals surface area contributed by atoms with Crippen LogP contribution in [-0.2, 0) is 20.9 Å². The summed E-state index contributed by atoms with van der Waals surface area (Å²) in [7, 11) is 0. The maximum atomic E-state index is 13.0. The Hall–Kier alpha value is -3.49. The molecular formula is C22H20F3N3O5. The van der Waals surface area contributed by atoms with Crippen molar-refractivity contribution < 1.29 is 37.3 Å². The van der Waals surface area contributed by atoms with Crippen LogP contribution in [0.3, 0.4) is 0 Å². The minimum Gasteiger partial charge on any atom is -0.475 e. The van der Waals surface area contributed by atoms with Crippen LogP contribution in [0.15, 0.2) is 48.7 Å². The lowest BCUT2D eigenvalue weighted by molar-refractivity contribution is -0.192. The molecule has 3 heterocycles. The molecule has 33 heavy (non-hydrogen) atoms. The maximum absolute atomic E-state index is 13.0. The van der Waals surface area contributed by atoms with Crippen molar-refractivity contribution in [3.8, 4) is 6.07 Å². The Bertz CT molecular complexity index is 1030. The number of aliphatic carboxylic acids is 1. The summed E-state index contributed by atoms with van der Waals surface area (Å²) in [5.74, 6) is -2.67. The Balaban J connectivity index is 0.000000383. The fourth-order valence-electron chi connectivity index (χ4n) is 3.67. The van der Waals surface area contributed by atoms with Crippen molar-refractivity contribution >= 4 is 11.9 Å². The zero-order chi connectivity index (χ0) is 24.0. The van der Waals surface area contributed by atoms with Crippen LogP contribution < -0.4 is 0 Å². The molecule has 1 N–H and O–H groups in total. The molecule has 2 aliphatic rings. The molecule has 1 aromatic heterocycles. The molecule has 0 radical (unpaired) electrons. The van der Waals surface area contributed by atoms with Crippen LogP contribution in [0.2, 0.25) is 0 Å². The van der Waals surface area contributed by atoms with Gasteiger partial charge < -0.3 is 19.5 Å². The normalized spacial score (nSPS) is 21.5. The topological polar surface area (TPSA) is 113 Å². The van der Waals surface area contributed by atoms with E-state index in [0.717, 1.165) is 5.69 Å². The summed E-state index contributed by atoms with van der Waals surface area (Å²) < 4.78 is 43.4. The van der Waals surface area contributed by atoms with Gasteiger partial charge in [-0.15, -0.1) is 0 Å². The number of nitriles is 1. The number of alkyl halides is 3. The molecule has 3 atom stereocenters. The molecule has 0 spiro atoms. The zero-order valence-corrected chi connectivity index (χ0v) is 17.2. The molecule has 11 heteroatoms. The minimum absolute atomic E-state index is 0.0157. The zero-order valence-electron chi connectivity index (χ0n) is 17.2. The van der Waals surface area contributed by atoms with E-state index in [1.54, 1.807) is 30.5 Å². The van der Waals surface area contributed by atoms with E-state index >= 15 is 0 Å². The summed E-state index contributed by atoms with van der Waals surface area (Å²) in [5.41, 5.74) is 1.88. The van der Waals surface area contributed by atoms with Gasteiger partial charge in [-0.2, -0.15) is 18.4 Å². The number of ether oxygens (including phenoxy) is 2. The first-order valence-electron chi connectivity index (χ1n) is 9.91. The van der Waals surface area contributed by atoms with Crippen LogP contribution in [-0.4, -0.2) is 64.9 Å². The lowest BCUT2D eigenvalue weighted by atomic mass is 10.0. The van der Waals surface area contributed by atoms with Gasteiger partial charge in [-0.05, 0) is 30.3 Å². The van der Waals surface area contributed by atoms with Gasteiger partial charge in [-0.1, -0.05) is 12.1 Å². The average Bonchev–Trinajstić information content (AvgIpc) is 3.41. The van der Waals surface area contributed by atoms with Gasteiger partial charge in [0.2, 0.25) is 0 Å². The molecule has 4 rings (SSSR count). The van der Waals surface area contributed by atoms with E-state index < -0.39 is 12.1 Å². The SMILES string of the molecule is N#Cc1cccc(C(=O)N2C[C@H](OCc3ccccn3)[C@H]3COC[C@H]32)c1.O=C(O)C(F)(F)F. The Morgan fingerprint density at radius 1 is 1.24 bits per heavy atom. The highest BCUT2D eigenvalue weighted by Gasteiger charge is 2.48. The second-order valence-corrected chi connectivity index (χ2v) is 7.39. The van der Waals surface area contributed by atoms with Crippen molar-refractivity contribution in [3.63, 3.8) is 0 Å². The first-order valence-corrected chi connectivity index (χ1v) is 9.91. The van der Waals surface area contributed by atoms with Crippen molar-refractivity contribution in [2.24, 2.45) is 5.92 Å². The third-order valence-corrected chi connectivity index (χ3v) is 5.26. The molecule has 1 amide bonds. The quantitative estimate of drug-likeness (QED) is 0.742. The fraction of sp³-hybridized carbons (Fsp3) is 0.364. The molecule has 0 unspecified atom stereocenters. The van der Waals surface area contributed by atoms with Crippen LogP contribution in [0.5, 0.6) is 0 Å². The third-order valence-electron chi connectivity index (χ3n) is 5.26. The number of pyridine rings is 1. The first kappa shape index (κ1) is 24.2. The molecule has 0 aliphatic carbocycles. The molecular weight excluding hydrogens is 443 g/mol. The van der Waals surface area contributed by atoms with Gasteiger partial charge in [0.15, 0.2) is 0 Å². The van der Waals surface area contributed by atoms with Crippen LogP contribution in [0.1, 0.15) is 21.6 Å². The summed E-state index contributed by atoms with van der Waals surface area (Å²) in [6.45, 7) is 2.07. The van der Waals surface area contributed by atoms with Crippen LogP contribution in [0, 0.1) is 17.2 Å². The van der Waals surface area contributed by atoms with Crippen molar-refractivity contribution in [1.29, 1.82) is 5.26 Å². The number of halogens is 3. The number of likely N-dealkylation sites (tertiary alicyclic amines) is 1. The van der Waals surface area contributed by atoms with Gasteiger partial charge in [0, 0.05) is 24.2 Å². The molecule has 0 saturated carbocycles.